The smallest absolute Gasteiger partial charge is 0.252 e. The van der Waals surface area contributed by atoms with Crippen LogP contribution < -0.4 is 15.5 Å². The first kappa shape index (κ1) is 21.8. The second-order valence-electron chi connectivity index (χ2n) is 7.81. The molecule has 30 heavy (non-hydrogen) atoms. The van der Waals surface area contributed by atoms with Gasteiger partial charge in [-0.2, -0.15) is 0 Å². The zero-order chi connectivity index (χ0) is 21.5. The molecule has 158 valence electrons. The van der Waals surface area contributed by atoms with E-state index in [-0.39, 0.29) is 5.91 Å². The van der Waals surface area contributed by atoms with Crippen LogP contribution in [0.1, 0.15) is 41.8 Å². The Balaban J connectivity index is 1.79. The van der Waals surface area contributed by atoms with Gasteiger partial charge in [0.15, 0.2) is 0 Å². The molecule has 0 saturated heterocycles. The van der Waals surface area contributed by atoms with Crippen LogP contribution in [0.5, 0.6) is 0 Å². The van der Waals surface area contributed by atoms with Gasteiger partial charge in [-0.1, -0.05) is 24.3 Å². The number of nitrogens with one attached hydrogen (secondary N) is 3. The number of nitrogens with zero attached hydrogens (tertiary/aromatic N) is 1. The molecule has 2 aromatic carbocycles. The Hall–Kier alpha value is -2.92. The number of pyridine rings is 1. The van der Waals surface area contributed by atoms with E-state index in [4.69, 9.17) is 4.98 Å². The van der Waals surface area contributed by atoms with Gasteiger partial charge in [0.25, 0.3) is 5.91 Å². The number of carbonyl (C=O) groups is 1. The Bertz CT molecular complexity index is 1010. The number of para-hydroxylation sites is 1. The largest absolute Gasteiger partial charge is 0.352 e. The van der Waals surface area contributed by atoms with Crippen molar-refractivity contribution < 1.29 is 9.69 Å². The maximum Gasteiger partial charge on any atom is 0.252 e. The van der Waals surface area contributed by atoms with Crippen LogP contribution in [0.4, 0.5) is 11.5 Å². The fourth-order valence-electron chi connectivity index (χ4n) is 3.63. The van der Waals surface area contributed by atoms with Gasteiger partial charge in [-0.15, -0.1) is 0 Å². The molecule has 1 heterocycles. The molecule has 5 nitrogen and oxygen atoms in total. The number of benzene rings is 2. The standard InChI is InChI=1S/C25H32N4O/c1-5-29(6-2)15-9-14-26-25(30)22-17-24(28-23-11-8-7-10-21(22)23)27-20-13-12-18(3)19(4)16-20/h7-8,10-13,16-17H,5-6,9,14-15H2,1-4H3,(H,26,30)(H,27,28)/p+1. The summed E-state index contributed by atoms with van der Waals surface area (Å²) >= 11 is 0. The third-order valence-corrected chi connectivity index (χ3v) is 5.73. The van der Waals surface area contributed by atoms with Gasteiger partial charge in [0.1, 0.15) is 5.82 Å². The van der Waals surface area contributed by atoms with Crippen molar-refractivity contribution in [2.75, 3.05) is 31.5 Å². The summed E-state index contributed by atoms with van der Waals surface area (Å²) in [6.45, 7) is 12.6. The zero-order valence-corrected chi connectivity index (χ0v) is 18.5. The first-order valence-electron chi connectivity index (χ1n) is 10.9. The number of aryl methyl sites for hydroxylation is 2. The van der Waals surface area contributed by atoms with E-state index in [1.807, 2.05) is 36.4 Å². The van der Waals surface area contributed by atoms with E-state index in [1.54, 1.807) is 4.90 Å². The summed E-state index contributed by atoms with van der Waals surface area (Å²) in [5.41, 5.74) is 4.90. The van der Waals surface area contributed by atoms with Crippen molar-refractivity contribution in [1.82, 2.24) is 10.3 Å². The highest BCUT2D eigenvalue weighted by molar-refractivity contribution is 6.07. The first-order valence-corrected chi connectivity index (χ1v) is 10.9. The first-order chi connectivity index (χ1) is 14.5. The Labute approximate surface area is 179 Å². The molecule has 3 N–H and O–H groups in total. The number of quaternary nitrogens is 1. The molecule has 0 unspecified atom stereocenters. The molecule has 3 aromatic rings. The second kappa shape index (κ2) is 10.2. The van der Waals surface area contributed by atoms with Crippen molar-refractivity contribution in [3.05, 3.63) is 65.2 Å². The van der Waals surface area contributed by atoms with Gasteiger partial charge in [0.2, 0.25) is 0 Å². The predicted molar refractivity (Wildman–Crippen MR) is 125 cm³/mol. The molecular weight excluding hydrogens is 372 g/mol. The number of carbonyl (C=O) groups excluding carboxylic acids is 1. The van der Waals surface area contributed by atoms with E-state index in [9.17, 15) is 4.79 Å². The van der Waals surface area contributed by atoms with Gasteiger partial charge in [-0.05, 0) is 63.1 Å². The molecule has 0 aliphatic carbocycles. The normalized spacial score (nSPS) is 11.1. The molecule has 0 bridgehead atoms. The van der Waals surface area contributed by atoms with E-state index in [0.717, 1.165) is 42.6 Å². The van der Waals surface area contributed by atoms with Crippen molar-refractivity contribution >= 4 is 28.3 Å². The molecule has 5 heteroatoms. The number of anilines is 2. The lowest BCUT2D eigenvalue weighted by Gasteiger charge is -2.15. The second-order valence-corrected chi connectivity index (χ2v) is 7.81. The zero-order valence-electron chi connectivity index (χ0n) is 18.5. The fourth-order valence-corrected chi connectivity index (χ4v) is 3.63. The molecule has 0 aliphatic rings. The van der Waals surface area contributed by atoms with Gasteiger partial charge in [0, 0.05) is 24.0 Å². The van der Waals surface area contributed by atoms with Crippen LogP contribution in [-0.4, -0.2) is 37.1 Å². The minimum absolute atomic E-state index is 0.0497. The highest BCUT2D eigenvalue weighted by Crippen LogP contribution is 2.24. The van der Waals surface area contributed by atoms with Gasteiger partial charge in [-0.3, -0.25) is 4.79 Å². The van der Waals surface area contributed by atoms with E-state index in [1.165, 1.54) is 11.1 Å². The summed E-state index contributed by atoms with van der Waals surface area (Å²) in [6, 6.07) is 15.9. The van der Waals surface area contributed by atoms with E-state index in [0.29, 0.717) is 17.9 Å². The van der Waals surface area contributed by atoms with Crippen LogP contribution in [0, 0.1) is 13.8 Å². The lowest BCUT2D eigenvalue weighted by atomic mass is 10.1. The van der Waals surface area contributed by atoms with Crippen molar-refractivity contribution in [1.29, 1.82) is 0 Å². The number of aromatic nitrogens is 1. The van der Waals surface area contributed by atoms with E-state index >= 15 is 0 Å². The Morgan fingerprint density at radius 2 is 1.77 bits per heavy atom. The van der Waals surface area contributed by atoms with Crippen LogP contribution >= 0.6 is 0 Å². The molecule has 0 aliphatic heterocycles. The topological polar surface area (TPSA) is 58.5 Å². The summed E-state index contributed by atoms with van der Waals surface area (Å²) in [6.07, 6.45) is 0.972. The summed E-state index contributed by atoms with van der Waals surface area (Å²) in [4.78, 5) is 19.2. The van der Waals surface area contributed by atoms with Crippen molar-refractivity contribution in [2.45, 2.75) is 34.1 Å². The number of hydrogen-bond donors (Lipinski definition) is 3. The quantitative estimate of drug-likeness (QED) is 0.477. The Kier molecular flexibility index (Phi) is 7.41. The lowest BCUT2D eigenvalue weighted by molar-refractivity contribution is -0.896. The molecule has 0 fully saturated rings. The third-order valence-electron chi connectivity index (χ3n) is 5.73. The molecule has 0 saturated carbocycles. The number of fused-ring (bicyclic) bond motifs is 1. The van der Waals surface area contributed by atoms with Crippen molar-refractivity contribution in [2.24, 2.45) is 0 Å². The number of rotatable bonds is 9. The minimum Gasteiger partial charge on any atom is -0.352 e. The third kappa shape index (κ3) is 5.36. The van der Waals surface area contributed by atoms with Gasteiger partial charge in [0.05, 0.1) is 30.7 Å². The molecule has 0 spiro atoms. The molecule has 1 amide bonds. The monoisotopic (exact) mass is 405 g/mol. The van der Waals surface area contributed by atoms with Crippen LogP contribution in [0.3, 0.4) is 0 Å². The molecule has 3 rings (SSSR count). The van der Waals surface area contributed by atoms with E-state index < -0.39 is 0 Å². The Morgan fingerprint density at radius 1 is 1.00 bits per heavy atom. The molecule has 0 radical (unpaired) electrons. The minimum atomic E-state index is -0.0497. The van der Waals surface area contributed by atoms with Crippen LogP contribution in [0.25, 0.3) is 10.9 Å². The number of hydrogen-bond acceptors (Lipinski definition) is 3. The van der Waals surface area contributed by atoms with Crippen LogP contribution in [-0.2, 0) is 0 Å². The van der Waals surface area contributed by atoms with Crippen molar-refractivity contribution in [3.8, 4) is 0 Å². The van der Waals surface area contributed by atoms with Crippen LogP contribution in [0.2, 0.25) is 0 Å². The average Bonchev–Trinajstić information content (AvgIpc) is 2.75. The van der Waals surface area contributed by atoms with Crippen LogP contribution in [0.15, 0.2) is 48.5 Å². The number of amides is 1. The summed E-state index contributed by atoms with van der Waals surface area (Å²) < 4.78 is 0. The summed E-state index contributed by atoms with van der Waals surface area (Å²) in [7, 11) is 0. The molecular formula is C25H33N4O+. The fraction of sp³-hybridized carbons (Fsp3) is 0.360. The molecule has 0 atom stereocenters. The highest BCUT2D eigenvalue weighted by Gasteiger charge is 2.13. The van der Waals surface area contributed by atoms with Gasteiger partial charge >= 0.3 is 0 Å². The summed E-state index contributed by atoms with van der Waals surface area (Å²) in [5.74, 6) is 0.626. The van der Waals surface area contributed by atoms with Gasteiger partial charge < -0.3 is 15.5 Å². The SMILES string of the molecule is CC[NH+](CC)CCCNC(=O)c1cc(Nc2ccc(C)c(C)c2)nc2ccccc12. The van der Waals surface area contributed by atoms with E-state index in [2.05, 4.69) is 50.5 Å². The van der Waals surface area contributed by atoms with Gasteiger partial charge in [-0.25, -0.2) is 4.98 Å². The highest BCUT2D eigenvalue weighted by atomic mass is 16.1. The maximum atomic E-state index is 13.0. The molecule has 1 aromatic heterocycles. The average molecular weight is 406 g/mol. The van der Waals surface area contributed by atoms with Crippen molar-refractivity contribution in [3.63, 3.8) is 0 Å². The predicted octanol–water partition coefficient (Wildman–Crippen LogP) is 3.64. The maximum absolute atomic E-state index is 13.0. The summed E-state index contributed by atoms with van der Waals surface area (Å²) in [5, 5.41) is 7.33. The Morgan fingerprint density at radius 3 is 2.50 bits per heavy atom. The lowest BCUT2D eigenvalue weighted by Crippen LogP contribution is -3.11.